The zero-order chi connectivity index (χ0) is 9.80. The van der Waals surface area contributed by atoms with Crippen LogP contribution in [0.25, 0.3) is 0 Å². The van der Waals surface area contributed by atoms with Crippen molar-refractivity contribution in [2.75, 3.05) is 33.2 Å². The van der Waals surface area contributed by atoms with Crippen LogP contribution < -0.4 is 10.6 Å². The van der Waals surface area contributed by atoms with Gasteiger partial charge in [-0.2, -0.15) is 0 Å². The summed E-state index contributed by atoms with van der Waals surface area (Å²) in [5, 5.41) is 7.06. The molecule has 82 valence electrons. The summed E-state index contributed by atoms with van der Waals surface area (Å²) in [4.78, 5) is 2.49. The highest BCUT2D eigenvalue weighted by Crippen LogP contribution is 2.24. The van der Waals surface area contributed by atoms with Crippen LogP contribution in [0.3, 0.4) is 0 Å². The van der Waals surface area contributed by atoms with Crippen molar-refractivity contribution in [3.05, 3.63) is 0 Å². The van der Waals surface area contributed by atoms with Crippen LogP contribution in [0.4, 0.5) is 0 Å². The SMILES string of the molecule is CN(CCNC1CCCNC1)C1CC1. The monoisotopic (exact) mass is 197 g/mol. The van der Waals surface area contributed by atoms with Gasteiger partial charge in [-0.25, -0.2) is 0 Å². The Balaban J connectivity index is 1.52. The van der Waals surface area contributed by atoms with Gasteiger partial charge < -0.3 is 15.5 Å². The third-order valence-corrected chi connectivity index (χ3v) is 3.36. The predicted octanol–water partition coefficient (Wildman–Crippen LogP) is 0.422. The van der Waals surface area contributed by atoms with E-state index in [0.717, 1.165) is 25.2 Å². The third-order valence-electron chi connectivity index (χ3n) is 3.36. The van der Waals surface area contributed by atoms with Gasteiger partial charge in [0.05, 0.1) is 0 Å². The van der Waals surface area contributed by atoms with Gasteiger partial charge >= 0.3 is 0 Å². The largest absolute Gasteiger partial charge is 0.315 e. The van der Waals surface area contributed by atoms with Gasteiger partial charge in [0.15, 0.2) is 0 Å². The Bertz CT molecular complexity index is 162. The zero-order valence-corrected chi connectivity index (χ0v) is 9.26. The van der Waals surface area contributed by atoms with E-state index in [0.29, 0.717) is 0 Å². The maximum absolute atomic E-state index is 3.63. The summed E-state index contributed by atoms with van der Waals surface area (Å²) in [6.45, 7) is 4.73. The van der Waals surface area contributed by atoms with Gasteiger partial charge in [0.1, 0.15) is 0 Å². The van der Waals surface area contributed by atoms with E-state index in [1.54, 1.807) is 0 Å². The van der Waals surface area contributed by atoms with Crippen molar-refractivity contribution >= 4 is 0 Å². The molecule has 1 aliphatic heterocycles. The van der Waals surface area contributed by atoms with Crippen LogP contribution in [0, 0.1) is 0 Å². The second-order valence-electron chi connectivity index (χ2n) is 4.71. The lowest BCUT2D eigenvalue weighted by Crippen LogP contribution is -2.45. The van der Waals surface area contributed by atoms with Crippen LogP contribution in [-0.2, 0) is 0 Å². The van der Waals surface area contributed by atoms with Crippen LogP contribution in [0.2, 0.25) is 0 Å². The maximum Gasteiger partial charge on any atom is 0.0193 e. The highest BCUT2D eigenvalue weighted by Gasteiger charge is 2.25. The Morgan fingerprint density at radius 3 is 2.86 bits per heavy atom. The highest BCUT2D eigenvalue weighted by molar-refractivity contribution is 4.83. The van der Waals surface area contributed by atoms with Gasteiger partial charge in [-0.1, -0.05) is 0 Å². The van der Waals surface area contributed by atoms with E-state index < -0.39 is 0 Å². The molecule has 0 aromatic carbocycles. The second-order valence-corrected chi connectivity index (χ2v) is 4.71. The highest BCUT2D eigenvalue weighted by atomic mass is 15.2. The first-order valence-electron chi connectivity index (χ1n) is 6.00. The molecule has 3 heteroatoms. The third kappa shape index (κ3) is 3.23. The average Bonchev–Trinajstić information content (AvgIpc) is 3.02. The molecule has 0 radical (unpaired) electrons. The molecule has 0 aromatic heterocycles. The molecule has 0 spiro atoms. The molecule has 2 fully saturated rings. The second kappa shape index (κ2) is 5.10. The predicted molar refractivity (Wildman–Crippen MR) is 59.5 cm³/mol. The van der Waals surface area contributed by atoms with Crippen molar-refractivity contribution in [2.24, 2.45) is 0 Å². The first-order valence-corrected chi connectivity index (χ1v) is 6.00. The molecule has 2 N–H and O–H groups in total. The Morgan fingerprint density at radius 1 is 1.36 bits per heavy atom. The number of nitrogens with zero attached hydrogens (tertiary/aromatic N) is 1. The Morgan fingerprint density at radius 2 is 2.21 bits per heavy atom. The lowest BCUT2D eigenvalue weighted by Gasteiger charge is -2.25. The summed E-state index contributed by atoms with van der Waals surface area (Å²) in [5.74, 6) is 0. The van der Waals surface area contributed by atoms with E-state index in [1.165, 1.54) is 38.8 Å². The molecule has 1 saturated heterocycles. The molecule has 1 unspecified atom stereocenters. The van der Waals surface area contributed by atoms with Crippen LogP contribution in [0.15, 0.2) is 0 Å². The van der Waals surface area contributed by atoms with Gasteiger partial charge in [-0.05, 0) is 39.3 Å². The topological polar surface area (TPSA) is 27.3 Å². The van der Waals surface area contributed by atoms with Gasteiger partial charge in [0.2, 0.25) is 0 Å². The van der Waals surface area contributed by atoms with Gasteiger partial charge in [-0.3, -0.25) is 0 Å². The summed E-state index contributed by atoms with van der Waals surface area (Å²) in [5.41, 5.74) is 0. The van der Waals surface area contributed by atoms with E-state index in [-0.39, 0.29) is 0 Å². The zero-order valence-electron chi connectivity index (χ0n) is 9.26. The molecule has 1 heterocycles. The minimum atomic E-state index is 0.719. The van der Waals surface area contributed by atoms with Crippen molar-refractivity contribution in [3.63, 3.8) is 0 Å². The van der Waals surface area contributed by atoms with Crippen LogP contribution in [0.1, 0.15) is 25.7 Å². The number of hydrogen-bond acceptors (Lipinski definition) is 3. The van der Waals surface area contributed by atoms with E-state index in [1.807, 2.05) is 0 Å². The lowest BCUT2D eigenvalue weighted by atomic mass is 10.1. The lowest BCUT2D eigenvalue weighted by molar-refractivity contribution is 0.303. The van der Waals surface area contributed by atoms with Crippen molar-refractivity contribution in [2.45, 2.75) is 37.8 Å². The van der Waals surface area contributed by atoms with Crippen molar-refractivity contribution in [3.8, 4) is 0 Å². The first-order chi connectivity index (χ1) is 6.86. The summed E-state index contributed by atoms with van der Waals surface area (Å²) in [6, 6.07) is 1.62. The fourth-order valence-electron chi connectivity index (χ4n) is 2.17. The first kappa shape index (κ1) is 10.4. The molecule has 14 heavy (non-hydrogen) atoms. The number of likely N-dealkylation sites (N-methyl/N-ethyl adjacent to an activating group) is 1. The minimum Gasteiger partial charge on any atom is -0.315 e. The van der Waals surface area contributed by atoms with Crippen LogP contribution in [0.5, 0.6) is 0 Å². The molecule has 0 bridgehead atoms. The molecule has 1 aliphatic carbocycles. The van der Waals surface area contributed by atoms with E-state index in [9.17, 15) is 0 Å². The van der Waals surface area contributed by atoms with Gasteiger partial charge in [0.25, 0.3) is 0 Å². The number of hydrogen-bond donors (Lipinski definition) is 2. The van der Waals surface area contributed by atoms with Gasteiger partial charge in [0, 0.05) is 31.7 Å². The molecule has 2 aliphatic rings. The quantitative estimate of drug-likeness (QED) is 0.669. The smallest absolute Gasteiger partial charge is 0.0193 e. The molecule has 1 saturated carbocycles. The molecule has 1 atom stereocenters. The fraction of sp³-hybridized carbons (Fsp3) is 1.00. The van der Waals surface area contributed by atoms with E-state index >= 15 is 0 Å². The summed E-state index contributed by atoms with van der Waals surface area (Å²) in [7, 11) is 2.25. The fourth-order valence-corrected chi connectivity index (χ4v) is 2.17. The van der Waals surface area contributed by atoms with Crippen molar-refractivity contribution in [1.82, 2.24) is 15.5 Å². The molecular formula is C11H23N3. The summed E-state index contributed by atoms with van der Waals surface area (Å²) < 4.78 is 0. The maximum atomic E-state index is 3.63. The standard InChI is InChI=1S/C11H23N3/c1-14(11-4-5-11)8-7-13-10-3-2-6-12-9-10/h10-13H,2-9H2,1H3. The Hall–Kier alpha value is -0.120. The normalized spacial score (nSPS) is 28.3. The number of rotatable bonds is 5. The Labute approximate surface area is 87.2 Å². The van der Waals surface area contributed by atoms with E-state index in [4.69, 9.17) is 0 Å². The Kier molecular flexibility index (Phi) is 3.79. The molecule has 0 aromatic rings. The minimum absolute atomic E-state index is 0.719. The summed E-state index contributed by atoms with van der Waals surface area (Å²) >= 11 is 0. The molecular weight excluding hydrogens is 174 g/mol. The van der Waals surface area contributed by atoms with Crippen LogP contribution in [-0.4, -0.2) is 50.2 Å². The van der Waals surface area contributed by atoms with Gasteiger partial charge in [-0.15, -0.1) is 0 Å². The van der Waals surface area contributed by atoms with E-state index in [2.05, 4.69) is 22.6 Å². The van der Waals surface area contributed by atoms with Crippen molar-refractivity contribution in [1.29, 1.82) is 0 Å². The molecule has 3 nitrogen and oxygen atoms in total. The molecule has 2 rings (SSSR count). The number of nitrogens with one attached hydrogen (secondary N) is 2. The number of piperidine rings is 1. The average molecular weight is 197 g/mol. The van der Waals surface area contributed by atoms with Crippen molar-refractivity contribution < 1.29 is 0 Å². The molecule has 0 amide bonds. The summed E-state index contributed by atoms with van der Waals surface area (Å²) in [6.07, 6.45) is 5.51. The van der Waals surface area contributed by atoms with Crippen LogP contribution >= 0.6 is 0 Å².